The van der Waals surface area contributed by atoms with Gasteiger partial charge in [0.2, 0.25) is 0 Å². The number of carbonyl (C=O) groups is 1. The van der Waals surface area contributed by atoms with Crippen LogP contribution in [0.25, 0.3) is 0 Å². The van der Waals surface area contributed by atoms with Crippen LogP contribution in [-0.2, 0) is 14.4 Å². The Balaban J connectivity index is 2.65. The van der Waals surface area contributed by atoms with Crippen LogP contribution in [0.2, 0.25) is 0 Å². The quantitative estimate of drug-likeness (QED) is 0.636. The van der Waals surface area contributed by atoms with Gasteiger partial charge in [0.25, 0.3) is 5.91 Å². The summed E-state index contributed by atoms with van der Waals surface area (Å²) in [5, 5.41) is 1.35. The second-order valence-corrected chi connectivity index (χ2v) is 4.53. The van der Waals surface area contributed by atoms with Crippen LogP contribution in [0, 0.1) is 5.41 Å². The molecule has 1 aliphatic rings. The molecule has 14 heavy (non-hydrogen) atoms. The molecule has 0 spiro atoms. The van der Waals surface area contributed by atoms with E-state index >= 15 is 0 Å². The first-order valence-electron chi connectivity index (χ1n) is 4.96. The highest BCUT2D eigenvalue weighted by atomic mass is 16.7. The Kier molecular flexibility index (Phi) is 3.50. The average Bonchev–Trinajstić information content (AvgIpc) is 2.57. The van der Waals surface area contributed by atoms with Crippen molar-refractivity contribution < 1.29 is 14.4 Å². The minimum Gasteiger partial charge on any atom is -0.356 e. The molecule has 0 aromatic heterocycles. The predicted octanol–water partition coefficient (Wildman–Crippen LogP) is 1.56. The minimum absolute atomic E-state index is 0.0353. The standard InChI is InChI=1S/C10H19NO3/c1-10(2,3)9(12)11(13-4)8-6-5-7-14-8/h8H,5-7H2,1-4H3. The van der Waals surface area contributed by atoms with E-state index < -0.39 is 5.41 Å². The normalized spacial score (nSPS) is 22.4. The Bertz CT molecular complexity index is 204. The summed E-state index contributed by atoms with van der Waals surface area (Å²) in [5.74, 6) is -0.0353. The highest BCUT2D eigenvalue weighted by molar-refractivity contribution is 5.80. The molecule has 0 N–H and O–H groups in total. The van der Waals surface area contributed by atoms with E-state index in [1.165, 1.54) is 12.2 Å². The summed E-state index contributed by atoms with van der Waals surface area (Å²) >= 11 is 0. The molecule has 0 saturated carbocycles. The van der Waals surface area contributed by atoms with E-state index in [2.05, 4.69) is 0 Å². The second-order valence-electron chi connectivity index (χ2n) is 4.53. The van der Waals surface area contributed by atoms with E-state index in [1.54, 1.807) is 0 Å². The van der Waals surface area contributed by atoms with Crippen molar-refractivity contribution in [1.29, 1.82) is 0 Å². The van der Waals surface area contributed by atoms with Gasteiger partial charge in [0.05, 0.1) is 7.11 Å². The monoisotopic (exact) mass is 201 g/mol. The number of nitrogens with zero attached hydrogens (tertiary/aromatic N) is 1. The number of carbonyl (C=O) groups excluding carboxylic acids is 1. The van der Waals surface area contributed by atoms with Gasteiger partial charge < -0.3 is 4.74 Å². The molecule has 0 aromatic rings. The molecular weight excluding hydrogens is 182 g/mol. The maximum absolute atomic E-state index is 11.9. The van der Waals surface area contributed by atoms with Gasteiger partial charge in [0.15, 0.2) is 6.23 Å². The molecule has 1 amide bonds. The predicted molar refractivity (Wildman–Crippen MR) is 52.3 cm³/mol. The lowest BCUT2D eigenvalue weighted by Gasteiger charge is -2.30. The molecular formula is C10H19NO3. The lowest BCUT2D eigenvalue weighted by Crippen LogP contribution is -2.44. The third-order valence-corrected chi connectivity index (χ3v) is 2.21. The largest absolute Gasteiger partial charge is 0.356 e. The summed E-state index contributed by atoms with van der Waals surface area (Å²) in [6.45, 7) is 6.32. The zero-order chi connectivity index (χ0) is 10.8. The summed E-state index contributed by atoms with van der Waals surface area (Å²) in [7, 11) is 1.51. The van der Waals surface area contributed by atoms with Gasteiger partial charge in [0, 0.05) is 12.0 Å². The zero-order valence-corrected chi connectivity index (χ0v) is 9.37. The highest BCUT2D eigenvalue weighted by Crippen LogP contribution is 2.23. The smallest absolute Gasteiger partial charge is 0.253 e. The molecule has 0 bridgehead atoms. The summed E-state index contributed by atoms with van der Waals surface area (Å²) in [6, 6.07) is 0. The topological polar surface area (TPSA) is 38.8 Å². The summed E-state index contributed by atoms with van der Waals surface area (Å²) < 4.78 is 5.40. The van der Waals surface area contributed by atoms with Gasteiger partial charge in [0.1, 0.15) is 0 Å². The fraction of sp³-hybridized carbons (Fsp3) is 0.900. The van der Waals surface area contributed by atoms with Crippen molar-refractivity contribution in [2.45, 2.75) is 39.8 Å². The Labute approximate surface area is 85.1 Å². The van der Waals surface area contributed by atoms with E-state index in [0.29, 0.717) is 6.61 Å². The molecule has 1 saturated heterocycles. The van der Waals surface area contributed by atoms with E-state index in [0.717, 1.165) is 12.8 Å². The third kappa shape index (κ3) is 2.45. The molecule has 1 heterocycles. The number of ether oxygens (including phenoxy) is 1. The lowest BCUT2D eigenvalue weighted by molar-refractivity contribution is -0.229. The number of hydrogen-bond donors (Lipinski definition) is 0. The molecule has 1 unspecified atom stereocenters. The highest BCUT2D eigenvalue weighted by Gasteiger charge is 2.34. The van der Waals surface area contributed by atoms with E-state index in [4.69, 9.17) is 9.57 Å². The molecule has 0 aliphatic carbocycles. The summed E-state index contributed by atoms with van der Waals surface area (Å²) in [4.78, 5) is 17.0. The van der Waals surface area contributed by atoms with Crippen molar-refractivity contribution in [3.8, 4) is 0 Å². The van der Waals surface area contributed by atoms with Crippen molar-refractivity contribution in [3.05, 3.63) is 0 Å². The van der Waals surface area contributed by atoms with Crippen LogP contribution in [-0.4, -0.2) is 30.9 Å². The van der Waals surface area contributed by atoms with Gasteiger partial charge >= 0.3 is 0 Å². The van der Waals surface area contributed by atoms with Gasteiger partial charge in [-0.05, 0) is 12.8 Å². The lowest BCUT2D eigenvalue weighted by atomic mass is 9.95. The average molecular weight is 201 g/mol. The first kappa shape index (κ1) is 11.5. The van der Waals surface area contributed by atoms with E-state index in [9.17, 15) is 4.79 Å². The molecule has 4 heteroatoms. The Hall–Kier alpha value is -0.610. The molecule has 1 aliphatic heterocycles. The molecule has 1 fully saturated rings. The SMILES string of the molecule is CON(C(=O)C(C)(C)C)C1CCCO1. The van der Waals surface area contributed by atoms with Gasteiger partial charge in [-0.1, -0.05) is 20.8 Å². The summed E-state index contributed by atoms with van der Waals surface area (Å²) in [6.07, 6.45) is 1.64. The Morgan fingerprint density at radius 3 is 2.50 bits per heavy atom. The first-order valence-corrected chi connectivity index (χ1v) is 4.96. The van der Waals surface area contributed by atoms with Crippen molar-refractivity contribution >= 4 is 5.91 Å². The fourth-order valence-electron chi connectivity index (χ4n) is 1.41. The van der Waals surface area contributed by atoms with Crippen molar-refractivity contribution in [1.82, 2.24) is 5.06 Å². The maximum atomic E-state index is 11.9. The van der Waals surface area contributed by atoms with Gasteiger partial charge in [-0.25, -0.2) is 0 Å². The number of hydroxylamine groups is 2. The van der Waals surface area contributed by atoms with Crippen LogP contribution in [0.1, 0.15) is 33.6 Å². The fourth-order valence-corrected chi connectivity index (χ4v) is 1.41. The molecule has 4 nitrogen and oxygen atoms in total. The van der Waals surface area contributed by atoms with Crippen LogP contribution < -0.4 is 0 Å². The number of rotatable bonds is 2. The Morgan fingerprint density at radius 1 is 1.50 bits per heavy atom. The molecule has 0 radical (unpaired) electrons. The number of amides is 1. The van der Waals surface area contributed by atoms with Crippen LogP contribution >= 0.6 is 0 Å². The van der Waals surface area contributed by atoms with E-state index in [1.807, 2.05) is 20.8 Å². The van der Waals surface area contributed by atoms with Crippen molar-refractivity contribution in [2.24, 2.45) is 5.41 Å². The van der Waals surface area contributed by atoms with Crippen LogP contribution in [0.5, 0.6) is 0 Å². The maximum Gasteiger partial charge on any atom is 0.253 e. The number of hydrogen-bond acceptors (Lipinski definition) is 3. The first-order chi connectivity index (χ1) is 6.46. The summed E-state index contributed by atoms with van der Waals surface area (Å²) in [5.41, 5.74) is -0.429. The Morgan fingerprint density at radius 2 is 2.14 bits per heavy atom. The van der Waals surface area contributed by atoms with Gasteiger partial charge in [-0.2, -0.15) is 5.06 Å². The third-order valence-electron chi connectivity index (χ3n) is 2.21. The molecule has 0 aromatic carbocycles. The zero-order valence-electron chi connectivity index (χ0n) is 9.37. The van der Waals surface area contributed by atoms with Crippen LogP contribution in [0.4, 0.5) is 0 Å². The molecule has 1 atom stereocenters. The van der Waals surface area contributed by atoms with Crippen LogP contribution in [0.15, 0.2) is 0 Å². The second kappa shape index (κ2) is 4.28. The minimum atomic E-state index is -0.429. The van der Waals surface area contributed by atoms with E-state index in [-0.39, 0.29) is 12.1 Å². The van der Waals surface area contributed by atoms with Crippen LogP contribution in [0.3, 0.4) is 0 Å². The van der Waals surface area contributed by atoms with Gasteiger partial charge in [-0.3, -0.25) is 9.63 Å². The molecule has 82 valence electrons. The van der Waals surface area contributed by atoms with Crippen molar-refractivity contribution in [2.75, 3.05) is 13.7 Å². The van der Waals surface area contributed by atoms with Gasteiger partial charge in [-0.15, -0.1) is 0 Å². The molecule has 1 rings (SSSR count). The van der Waals surface area contributed by atoms with Crippen molar-refractivity contribution in [3.63, 3.8) is 0 Å².